The summed E-state index contributed by atoms with van der Waals surface area (Å²) in [6.45, 7) is 7.94. The zero-order valence-corrected chi connectivity index (χ0v) is 15.5. The van der Waals surface area contributed by atoms with E-state index in [2.05, 4.69) is 0 Å². The molecule has 3 aliphatic rings. The normalized spacial score (nSPS) is 35.9. The lowest BCUT2D eigenvalue weighted by Crippen LogP contribution is -2.49. The Morgan fingerprint density at radius 3 is 2.65 bits per heavy atom. The van der Waals surface area contributed by atoms with E-state index in [1.54, 1.807) is 13.8 Å². The first-order chi connectivity index (χ1) is 12.2. The highest BCUT2D eigenvalue weighted by atomic mass is 16.9. The van der Waals surface area contributed by atoms with Gasteiger partial charge in [-0.1, -0.05) is 13.0 Å². The third kappa shape index (κ3) is 2.50. The molecule has 0 amide bonds. The number of fused-ring (bicyclic) bond motifs is 2. The second kappa shape index (κ2) is 5.89. The largest absolute Gasteiger partial charge is 0.493 e. The van der Waals surface area contributed by atoms with Gasteiger partial charge in [-0.05, 0) is 43.9 Å². The van der Waals surface area contributed by atoms with Crippen LogP contribution in [0.2, 0.25) is 0 Å². The Hall–Kier alpha value is -1.22. The molecule has 0 bridgehead atoms. The average Bonchev–Trinajstić information content (AvgIpc) is 3.23. The third-order valence-electron chi connectivity index (χ3n) is 5.57. The van der Waals surface area contributed by atoms with Gasteiger partial charge in [0.1, 0.15) is 24.1 Å². The molecule has 26 heavy (non-hydrogen) atoms. The van der Waals surface area contributed by atoms with Crippen molar-refractivity contribution in [3.8, 4) is 5.75 Å². The highest BCUT2D eigenvalue weighted by molar-refractivity contribution is 5.53. The number of hydrogen-bond acceptors (Lipinski definition) is 7. The third-order valence-corrected chi connectivity index (χ3v) is 5.57. The molecule has 3 N–H and O–H groups in total. The van der Waals surface area contributed by atoms with E-state index in [1.165, 1.54) is 0 Å². The molecule has 3 heterocycles. The van der Waals surface area contributed by atoms with Gasteiger partial charge in [0.2, 0.25) is 5.79 Å². The molecule has 0 saturated carbocycles. The minimum atomic E-state index is -2.22. The van der Waals surface area contributed by atoms with Crippen LogP contribution in [0.1, 0.15) is 49.1 Å². The second-order valence-electron chi connectivity index (χ2n) is 7.70. The topological polar surface area (TPSA) is 97.6 Å². The van der Waals surface area contributed by atoms with Crippen LogP contribution in [-0.4, -0.2) is 52.0 Å². The first kappa shape index (κ1) is 18.2. The van der Waals surface area contributed by atoms with E-state index in [-0.39, 0.29) is 0 Å². The summed E-state index contributed by atoms with van der Waals surface area (Å²) in [4.78, 5) is 0. The van der Waals surface area contributed by atoms with Gasteiger partial charge >= 0.3 is 0 Å². The molecule has 3 aliphatic heterocycles. The van der Waals surface area contributed by atoms with E-state index in [0.717, 1.165) is 28.9 Å². The molecular weight excluding hydrogens is 340 g/mol. The monoisotopic (exact) mass is 366 g/mol. The number of benzene rings is 1. The van der Waals surface area contributed by atoms with Gasteiger partial charge in [0, 0.05) is 12.0 Å². The van der Waals surface area contributed by atoms with Gasteiger partial charge < -0.3 is 34.3 Å². The summed E-state index contributed by atoms with van der Waals surface area (Å²) < 4.78 is 22.5. The van der Waals surface area contributed by atoms with E-state index >= 15 is 0 Å². The number of aliphatic hydroxyl groups is 3. The quantitative estimate of drug-likeness (QED) is 0.736. The molecule has 7 nitrogen and oxygen atoms in total. The Bertz CT molecular complexity index is 731. The summed E-state index contributed by atoms with van der Waals surface area (Å²) >= 11 is 0. The maximum absolute atomic E-state index is 11.0. The zero-order valence-electron chi connectivity index (χ0n) is 15.5. The molecule has 0 radical (unpaired) electrons. The first-order valence-corrected chi connectivity index (χ1v) is 9.08. The molecule has 0 unspecified atom stereocenters. The van der Waals surface area contributed by atoms with Crippen molar-refractivity contribution >= 4 is 0 Å². The average molecular weight is 366 g/mol. The molecule has 0 aliphatic carbocycles. The summed E-state index contributed by atoms with van der Waals surface area (Å²) in [7, 11) is 0. The van der Waals surface area contributed by atoms with Crippen molar-refractivity contribution < 1.29 is 34.3 Å². The van der Waals surface area contributed by atoms with Crippen LogP contribution < -0.4 is 4.74 Å². The van der Waals surface area contributed by atoms with Crippen molar-refractivity contribution in [2.45, 2.75) is 76.7 Å². The summed E-state index contributed by atoms with van der Waals surface area (Å²) in [5.74, 6) is -2.39. The highest BCUT2D eigenvalue weighted by Crippen LogP contribution is 2.48. The highest BCUT2D eigenvalue weighted by Gasteiger charge is 2.64. The van der Waals surface area contributed by atoms with E-state index in [1.807, 2.05) is 19.9 Å². The van der Waals surface area contributed by atoms with Crippen LogP contribution in [0.4, 0.5) is 0 Å². The number of rotatable bonds is 3. The fraction of sp³-hybridized carbons (Fsp3) is 0.684. The SMILES string of the molecule is CCc1cc([C@H](O)[C@]2(O)O[C@H]3OC(C)(C)O[C@H]3[C@@H]2O)c2c(c1C)OCC2. The minimum absolute atomic E-state index is 0.515. The van der Waals surface area contributed by atoms with Gasteiger partial charge in [0.15, 0.2) is 12.1 Å². The summed E-state index contributed by atoms with van der Waals surface area (Å²) in [5.41, 5.74) is 3.42. The first-order valence-electron chi connectivity index (χ1n) is 9.08. The summed E-state index contributed by atoms with van der Waals surface area (Å²) in [6.07, 6.45) is -3.33. The van der Waals surface area contributed by atoms with Gasteiger partial charge in [-0.3, -0.25) is 0 Å². The molecule has 7 heteroatoms. The predicted octanol–water partition coefficient (Wildman–Crippen LogP) is 1.08. The van der Waals surface area contributed by atoms with Crippen molar-refractivity contribution in [1.29, 1.82) is 0 Å². The number of ether oxygens (including phenoxy) is 4. The Labute approximate surface area is 152 Å². The molecule has 4 rings (SSSR count). The van der Waals surface area contributed by atoms with Crippen LogP contribution in [-0.2, 0) is 27.1 Å². The molecule has 1 aromatic rings. The second-order valence-corrected chi connectivity index (χ2v) is 7.70. The van der Waals surface area contributed by atoms with Gasteiger partial charge in [0.25, 0.3) is 0 Å². The van der Waals surface area contributed by atoms with E-state index in [4.69, 9.17) is 18.9 Å². The maximum atomic E-state index is 11.0. The fourth-order valence-corrected chi connectivity index (χ4v) is 4.21. The van der Waals surface area contributed by atoms with Crippen molar-refractivity contribution in [2.75, 3.05) is 6.61 Å². The van der Waals surface area contributed by atoms with Crippen LogP contribution in [0.15, 0.2) is 6.07 Å². The van der Waals surface area contributed by atoms with Gasteiger partial charge in [-0.25, -0.2) is 0 Å². The van der Waals surface area contributed by atoms with Gasteiger partial charge in [-0.15, -0.1) is 0 Å². The lowest BCUT2D eigenvalue weighted by molar-refractivity contribution is -0.330. The van der Waals surface area contributed by atoms with Crippen LogP contribution in [0.3, 0.4) is 0 Å². The molecule has 2 saturated heterocycles. The van der Waals surface area contributed by atoms with E-state index in [0.29, 0.717) is 18.6 Å². The Kier molecular flexibility index (Phi) is 4.11. The Morgan fingerprint density at radius 1 is 1.27 bits per heavy atom. The smallest absolute Gasteiger partial charge is 0.228 e. The van der Waals surface area contributed by atoms with Crippen molar-refractivity contribution in [2.24, 2.45) is 0 Å². The molecule has 2 fully saturated rings. The number of aliphatic hydroxyl groups excluding tert-OH is 2. The molecular formula is C19H26O7. The molecule has 144 valence electrons. The lowest BCUT2D eigenvalue weighted by atomic mass is 9.88. The predicted molar refractivity (Wildman–Crippen MR) is 90.6 cm³/mol. The Morgan fingerprint density at radius 2 is 2.00 bits per heavy atom. The van der Waals surface area contributed by atoms with Crippen molar-refractivity contribution in [3.05, 3.63) is 28.3 Å². The van der Waals surface area contributed by atoms with Crippen LogP contribution in [0, 0.1) is 6.92 Å². The standard InChI is InChI=1S/C19H26O7/c1-5-10-8-12(11-6-7-23-13(11)9(10)2)15(20)19(22)16(21)14-17(26-19)25-18(3,4)24-14/h8,14-17,20-22H,5-7H2,1-4H3/t14-,15-,16-,17+,19-/m0/s1. The number of hydrogen-bond donors (Lipinski definition) is 3. The molecule has 5 atom stereocenters. The van der Waals surface area contributed by atoms with E-state index < -0.39 is 36.2 Å². The lowest BCUT2D eigenvalue weighted by Gasteiger charge is -2.34. The van der Waals surface area contributed by atoms with Gasteiger partial charge in [-0.2, -0.15) is 0 Å². The molecule has 0 spiro atoms. The maximum Gasteiger partial charge on any atom is 0.228 e. The number of aryl methyl sites for hydroxylation is 1. The molecule has 0 aromatic heterocycles. The summed E-state index contributed by atoms with van der Waals surface area (Å²) in [6, 6.07) is 1.86. The van der Waals surface area contributed by atoms with E-state index in [9.17, 15) is 15.3 Å². The zero-order chi connectivity index (χ0) is 18.9. The fourth-order valence-electron chi connectivity index (χ4n) is 4.21. The molecule has 1 aromatic carbocycles. The van der Waals surface area contributed by atoms with Crippen molar-refractivity contribution in [3.63, 3.8) is 0 Å². The summed E-state index contributed by atoms with van der Waals surface area (Å²) in [5, 5.41) is 32.6. The van der Waals surface area contributed by atoms with Crippen LogP contribution >= 0.6 is 0 Å². The minimum Gasteiger partial charge on any atom is -0.493 e. The van der Waals surface area contributed by atoms with Crippen LogP contribution in [0.5, 0.6) is 5.75 Å². The van der Waals surface area contributed by atoms with Gasteiger partial charge in [0.05, 0.1) is 6.61 Å². The van der Waals surface area contributed by atoms with Crippen molar-refractivity contribution in [1.82, 2.24) is 0 Å². The van der Waals surface area contributed by atoms with Crippen LogP contribution in [0.25, 0.3) is 0 Å². The Balaban J connectivity index is 1.71.